The number of aliphatic hydroxyl groups is 1. The second-order valence-electron chi connectivity index (χ2n) is 4.25. The topological polar surface area (TPSA) is 66.4 Å². The number of halogens is 1. The van der Waals surface area contributed by atoms with E-state index in [1.807, 2.05) is 0 Å². The van der Waals surface area contributed by atoms with E-state index in [0.717, 1.165) is 0 Å². The number of sulfonamides is 1. The Kier molecular flexibility index (Phi) is 4.54. The number of hydrogen-bond acceptors (Lipinski definition) is 4. The van der Waals surface area contributed by atoms with E-state index in [-0.39, 0.29) is 18.0 Å². The molecule has 7 heteroatoms. The molecule has 1 heterocycles. The van der Waals surface area contributed by atoms with Gasteiger partial charge in [-0.25, -0.2) is 17.5 Å². The summed E-state index contributed by atoms with van der Waals surface area (Å²) in [5, 5.41) is 9.03. The molecule has 2 aromatic rings. The van der Waals surface area contributed by atoms with Crippen molar-refractivity contribution in [2.24, 2.45) is 0 Å². The molecule has 0 radical (unpaired) electrons. The van der Waals surface area contributed by atoms with Gasteiger partial charge in [-0.2, -0.15) is 0 Å². The zero-order valence-corrected chi connectivity index (χ0v) is 12.4. The van der Waals surface area contributed by atoms with Gasteiger partial charge in [-0.15, -0.1) is 11.3 Å². The van der Waals surface area contributed by atoms with E-state index < -0.39 is 15.8 Å². The molecular formula is C13H14FNO3S2. The molecule has 0 amide bonds. The number of hydrogen-bond donors (Lipinski definition) is 2. The van der Waals surface area contributed by atoms with Crippen LogP contribution in [0.3, 0.4) is 0 Å². The highest BCUT2D eigenvalue weighted by molar-refractivity contribution is 7.89. The van der Waals surface area contributed by atoms with E-state index in [4.69, 9.17) is 5.11 Å². The summed E-state index contributed by atoms with van der Waals surface area (Å²) in [4.78, 5) is 1.36. The fourth-order valence-corrected chi connectivity index (χ4v) is 4.28. The largest absolute Gasteiger partial charge is 0.391 e. The van der Waals surface area contributed by atoms with Gasteiger partial charge in [-0.05, 0) is 30.7 Å². The monoisotopic (exact) mass is 315 g/mol. The Morgan fingerprint density at radius 1 is 1.35 bits per heavy atom. The minimum Gasteiger partial charge on any atom is -0.391 e. The number of benzene rings is 1. The lowest BCUT2D eigenvalue weighted by Crippen LogP contribution is -2.23. The predicted molar refractivity (Wildman–Crippen MR) is 75.4 cm³/mol. The van der Waals surface area contributed by atoms with E-state index in [1.165, 1.54) is 35.6 Å². The van der Waals surface area contributed by atoms with Gasteiger partial charge in [-0.1, -0.05) is 12.1 Å². The van der Waals surface area contributed by atoms with Crippen LogP contribution in [0.4, 0.5) is 4.39 Å². The van der Waals surface area contributed by atoms with Gasteiger partial charge in [0.2, 0.25) is 10.0 Å². The van der Waals surface area contributed by atoms with Crippen molar-refractivity contribution in [3.8, 4) is 0 Å². The molecule has 108 valence electrons. The Hall–Kier alpha value is -1.28. The molecule has 0 saturated carbocycles. The Morgan fingerprint density at radius 2 is 2.10 bits per heavy atom. The SMILES string of the molecule is Cc1sc(CO)cc1S(=O)(=O)NCc1cccc(F)c1. The van der Waals surface area contributed by atoms with Gasteiger partial charge in [-0.3, -0.25) is 0 Å². The van der Waals surface area contributed by atoms with Crippen LogP contribution in [0.15, 0.2) is 35.2 Å². The van der Waals surface area contributed by atoms with Crippen LogP contribution in [0, 0.1) is 12.7 Å². The molecule has 0 unspecified atom stereocenters. The maximum atomic E-state index is 13.0. The Labute approximate surface area is 120 Å². The molecule has 4 nitrogen and oxygen atoms in total. The van der Waals surface area contributed by atoms with E-state index in [2.05, 4.69) is 4.72 Å². The van der Waals surface area contributed by atoms with Gasteiger partial charge >= 0.3 is 0 Å². The summed E-state index contributed by atoms with van der Waals surface area (Å²) >= 11 is 1.24. The van der Waals surface area contributed by atoms with Gasteiger partial charge < -0.3 is 5.11 Å². The summed E-state index contributed by atoms with van der Waals surface area (Å²) in [7, 11) is -3.66. The van der Waals surface area contributed by atoms with Gasteiger partial charge in [0.05, 0.1) is 11.5 Å². The van der Waals surface area contributed by atoms with Crippen LogP contribution < -0.4 is 4.72 Å². The zero-order chi connectivity index (χ0) is 14.8. The maximum absolute atomic E-state index is 13.0. The first kappa shape index (κ1) is 15.1. The van der Waals surface area contributed by atoms with Crippen molar-refractivity contribution in [2.75, 3.05) is 0 Å². The normalized spacial score (nSPS) is 11.8. The van der Waals surface area contributed by atoms with E-state index in [0.29, 0.717) is 15.3 Å². The lowest BCUT2D eigenvalue weighted by Gasteiger charge is -2.06. The van der Waals surface area contributed by atoms with Crippen LogP contribution in [-0.4, -0.2) is 13.5 Å². The van der Waals surface area contributed by atoms with Crippen molar-refractivity contribution in [2.45, 2.75) is 25.0 Å². The molecule has 0 spiro atoms. The zero-order valence-electron chi connectivity index (χ0n) is 10.8. The first-order valence-corrected chi connectivity index (χ1v) is 8.16. The van der Waals surface area contributed by atoms with Gasteiger partial charge in [0, 0.05) is 16.3 Å². The van der Waals surface area contributed by atoms with Gasteiger partial charge in [0.1, 0.15) is 5.82 Å². The summed E-state index contributed by atoms with van der Waals surface area (Å²) in [6.45, 7) is 1.51. The molecule has 2 rings (SSSR count). The summed E-state index contributed by atoms with van der Waals surface area (Å²) in [5.74, 6) is -0.407. The summed E-state index contributed by atoms with van der Waals surface area (Å²) in [6, 6.07) is 7.20. The van der Waals surface area contributed by atoms with Crippen LogP contribution >= 0.6 is 11.3 Å². The molecule has 0 aliphatic rings. The second-order valence-corrected chi connectivity index (χ2v) is 7.32. The first-order valence-electron chi connectivity index (χ1n) is 5.86. The first-order chi connectivity index (χ1) is 9.42. The van der Waals surface area contributed by atoms with Crippen molar-refractivity contribution < 1.29 is 17.9 Å². The molecule has 0 aliphatic carbocycles. The Bertz CT molecular complexity index is 710. The molecular weight excluding hydrogens is 301 g/mol. The van der Waals surface area contributed by atoms with Gasteiger partial charge in [0.25, 0.3) is 0 Å². The molecule has 1 aromatic heterocycles. The maximum Gasteiger partial charge on any atom is 0.241 e. The third-order valence-corrected chi connectivity index (χ3v) is 5.42. The van der Waals surface area contributed by atoms with Crippen molar-refractivity contribution in [1.82, 2.24) is 4.72 Å². The minimum atomic E-state index is -3.66. The average Bonchev–Trinajstić information content (AvgIpc) is 2.79. The Morgan fingerprint density at radius 3 is 2.70 bits per heavy atom. The fourth-order valence-electron chi connectivity index (χ4n) is 1.77. The highest BCUT2D eigenvalue weighted by Gasteiger charge is 2.19. The average molecular weight is 315 g/mol. The van der Waals surface area contributed by atoms with Crippen LogP contribution in [0.1, 0.15) is 15.3 Å². The van der Waals surface area contributed by atoms with E-state index in [1.54, 1.807) is 13.0 Å². The number of rotatable bonds is 5. The molecule has 0 fully saturated rings. The van der Waals surface area contributed by atoms with Crippen LogP contribution in [0.2, 0.25) is 0 Å². The minimum absolute atomic E-state index is 0.0177. The number of thiophene rings is 1. The summed E-state index contributed by atoms with van der Waals surface area (Å²) in [5.41, 5.74) is 0.545. The molecule has 0 aliphatic heterocycles. The summed E-state index contributed by atoms with van der Waals surface area (Å²) < 4.78 is 39.8. The second kappa shape index (κ2) is 6.01. The van der Waals surface area contributed by atoms with Crippen molar-refractivity contribution in [1.29, 1.82) is 0 Å². The van der Waals surface area contributed by atoms with Crippen molar-refractivity contribution in [3.63, 3.8) is 0 Å². The van der Waals surface area contributed by atoms with Crippen LogP contribution in [0.25, 0.3) is 0 Å². The molecule has 20 heavy (non-hydrogen) atoms. The lowest BCUT2D eigenvalue weighted by atomic mass is 10.2. The van der Waals surface area contributed by atoms with E-state index >= 15 is 0 Å². The predicted octanol–water partition coefficient (Wildman–Crippen LogP) is 2.17. The number of nitrogens with one attached hydrogen (secondary N) is 1. The smallest absolute Gasteiger partial charge is 0.241 e. The molecule has 0 bridgehead atoms. The highest BCUT2D eigenvalue weighted by atomic mass is 32.2. The van der Waals surface area contributed by atoms with Crippen molar-refractivity contribution >= 4 is 21.4 Å². The standard InChI is InChI=1S/C13H14FNO3S2/c1-9-13(6-12(8-16)19-9)20(17,18)15-7-10-3-2-4-11(14)5-10/h2-6,15-16H,7-8H2,1H3. The molecule has 1 aromatic carbocycles. The van der Waals surface area contributed by atoms with Crippen molar-refractivity contribution in [3.05, 3.63) is 51.5 Å². The van der Waals surface area contributed by atoms with Crippen LogP contribution in [0.5, 0.6) is 0 Å². The third-order valence-electron chi connectivity index (χ3n) is 2.72. The van der Waals surface area contributed by atoms with Crippen LogP contribution in [-0.2, 0) is 23.2 Å². The van der Waals surface area contributed by atoms with E-state index in [9.17, 15) is 12.8 Å². The molecule has 0 saturated heterocycles. The third kappa shape index (κ3) is 3.43. The fraction of sp³-hybridized carbons (Fsp3) is 0.231. The molecule has 2 N–H and O–H groups in total. The quantitative estimate of drug-likeness (QED) is 0.888. The molecule has 0 atom stereocenters. The van der Waals surface area contributed by atoms with Gasteiger partial charge in [0.15, 0.2) is 0 Å². The summed E-state index contributed by atoms with van der Waals surface area (Å²) in [6.07, 6.45) is 0. The number of aryl methyl sites for hydroxylation is 1. The number of aliphatic hydroxyl groups excluding tert-OH is 1. The highest BCUT2D eigenvalue weighted by Crippen LogP contribution is 2.25. The Balaban J connectivity index is 2.17. The lowest BCUT2D eigenvalue weighted by molar-refractivity contribution is 0.285.